The second-order valence-corrected chi connectivity index (χ2v) is 4.18. The Labute approximate surface area is 102 Å². The summed E-state index contributed by atoms with van der Waals surface area (Å²) in [7, 11) is 0. The molecule has 0 aliphatic carbocycles. The molecule has 0 aromatic carbocycles. The van der Waals surface area contributed by atoms with Crippen molar-refractivity contribution in [3.8, 4) is 0 Å². The van der Waals surface area contributed by atoms with Gasteiger partial charge in [-0.1, -0.05) is 13.8 Å². The maximum absolute atomic E-state index is 11.7. The molecule has 1 N–H and O–H groups in total. The molecule has 0 radical (unpaired) electrons. The first-order valence-corrected chi connectivity index (χ1v) is 6.03. The topological polar surface area (TPSA) is 56.2 Å². The average molecular weight is 239 g/mol. The molecule has 1 aromatic heterocycles. The van der Waals surface area contributed by atoms with Crippen LogP contribution in [0, 0.1) is 0 Å². The van der Waals surface area contributed by atoms with Crippen LogP contribution in [0.5, 0.6) is 0 Å². The SMILES string of the molecule is CCOC(=O)C(CCn1cccn1)NC(C)C. The standard InChI is InChI=1S/C12H21N3O2/c1-4-17-12(16)11(14-10(2)3)6-9-15-8-5-7-13-15/h5,7-8,10-11,14H,4,6,9H2,1-3H3. The molecule has 5 heteroatoms. The molecule has 5 nitrogen and oxygen atoms in total. The van der Waals surface area contributed by atoms with Crippen molar-refractivity contribution in [3.05, 3.63) is 18.5 Å². The van der Waals surface area contributed by atoms with Crippen LogP contribution in [0.1, 0.15) is 27.2 Å². The number of aryl methyl sites for hydroxylation is 1. The molecular formula is C12H21N3O2. The van der Waals surface area contributed by atoms with E-state index in [4.69, 9.17) is 4.74 Å². The normalized spacial score (nSPS) is 12.7. The number of carbonyl (C=O) groups is 1. The van der Waals surface area contributed by atoms with Crippen LogP contribution in [0.15, 0.2) is 18.5 Å². The summed E-state index contributed by atoms with van der Waals surface area (Å²) in [5.41, 5.74) is 0. The largest absolute Gasteiger partial charge is 0.465 e. The summed E-state index contributed by atoms with van der Waals surface area (Å²) in [6.07, 6.45) is 4.30. The fraction of sp³-hybridized carbons (Fsp3) is 0.667. The van der Waals surface area contributed by atoms with E-state index in [0.717, 1.165) is 0 Å². The lowest BCUT2D eigenvalue weighted by Crippen LogP contribution is -2.42. The average Bonchev–Trinajstić information content (AvgIpc) is 2.76. The van der Waals surface area contributed by atoms with Gasteiger partial charge in [0.05, 0.1) is 6.61 Å². The van der Waals surface area contributed by atoms with Gasteiger partial charge < -0.3 is 10.1 Å². The van der Waals surface area contributed by atoms with Crippen molar-refractivity contribution in [3.63, 3.8) is 0 Å². The molecule has 0 fully saturated rings. The lowest BCUT2D eigenvalue weighted by Gasteiger charge is -2.19. The van der Waals surface area contributed by atoms with Gasteiger partial charge in [-0.05, 0) is 19.4 Å². The number of esters is 1. The lowest BCUT2D eigenvalue weighted by molar-refractivity contribution is -0.146. The maximum atomic E-state index is 11.7. The second kappa shape index (κ2) is 7.06. The van der Waals surface area contributed by atoms with Crippen LogP contribution in [-0.2, 0) is 16.1 Å². The zero-order valence-electron chi connectivity index (χ0n) is 10.7. The summed E-state index contributed by atoms with van der Waals surface area (Å²) in [5, 5.41) is 7.32. The van der Waals surface area contributed by atoms with E-state index < -0.39 is 0 Å². The van der Waals surface area contributed by atoms with E-state index in [2.05, 4.69) is 10.4 Å². The highest BCUT2D eigenvalue weighted by Crippen LogP contribution is 2.01. The van der Waals surface area contributed by atoms with Gasteiger partial charge in [-0.15, -0.1) is 0 Å². The third-order valence-electron chi connectivity index (χ3n) is 2.31. The molecule has 17 heavy (non-hydrogen) atoms. The quantitative estimate of drug-likeness (QED) is 0.726. The molecule has 0 saturated heterocycles. The number of rotatable bonds is 7. The van der Waals surface area contributed by atoms with Crippen molar-refractivity contribution < 1.29 is 9.53 Å². The summed E-state index contributed by atoms with van der Waals surface area (Å²) in [6, 6.07) is 1.86. The molecule has 0 aliphatic heterocycles. The van der Waals surface area contributed by atoms with E-state index in [1.807, 2.05) is 37.7 Å². The molecule has 1 unspecified atom stereocenters. The predicted octanol–water partition coefficient (Wildman–Crippen LogP) is 1.20. The van der Waals surface area contributed by atoms with Crippen molar-refractivity contribution in [1.29, 1.82) is 0 Å². The van der Waals surface area contributed by atoms with E-state index in [9.17, 15) is 4.79 Å². The Hall–Kier alpha value is -1.36. The maximum Gasteiger partial charge on any atom is 0.323 e. The van der Waals surface area contributed by atoms with Gasteiger partial charge in [-0.25, -0.2) is 0 Å². The van der Waals surface area contributed by atoms with Crippen LogP contribution in [0.4, 0.5) is 0 Å². The number of hydrogen-bond donors (Lipinski definition) is 1. The van der Waals surface area contributed by atoms with E-state index in [1.165, 1.54) is 0 Å². The third kappa shape index (κ3) is 4.99. The van der Waals surface area contributed by atoms with Crippen LogP contribution < -0.4 is 5.32 Å². The van der Waals surface area contributed by atoms with Crippen molar-refractivity contribution in [1.82, 2.24) is 15.1 Å². The van der Waals surface area contributed by atoms with Crippen molar-refractivity contribution in [2.75, 3.05) is 6.61 Å². The molecule has 0 spiro atoms. The second-order valence-electron chi connectivity index (χ2n) is 4.18. The van der Waals surface area contributed by atoms with Gasteiger partial charge in [0.2, 0.25) is 0 Å². The minimum atomic E-state index is -0.265. The van der Waals surface area contributed by atoms with Gasteiger partial charge in [0.15, 0.2) is 0 Å². The Balaban J connectivity index is 2.48. The van der Waals surface area contributed by atoms with Crippen LogP contribution >= 0.6 is 0 Å². The summed E-state index contributed by atoms with van der Waals surface area (Å²) in [6.45, 7) is 6.96. The van der Waals surface area contributed by atoms with Gasteiger partial charge >= 0.3 is 5.97 Å². The molecule has 96 valence electrons. The van der Waals surface area contributed by atoms with Gasteiger partial charge in [-0.3, -0.25) is 9.48 Å². The summed E-state index contributed by atoms with van der Waals surface area (Å²) >= 11 is 0. The summed E-state index contributed by atoms with van der Waals surface area (Å²) in [4.78, 5) is 11.7. The van der Waals surface area contributed by atoms with Crippen molar-refractivity contribution in [2.24, 2.45) is 0 Å². The monoisotopic (exact) mass is 239 g/mol. The molecule has 1 rings (SSSR count). The Morgan fingerprint density at radius 1 is 1.53 bits per heavy atom. The zero-order valence-corrected chi connectivity index (χ0v) is 10.7. The Morgan fingerprint density at radius 3 is 2.82 bits per heavy atom. The van der Waals surface area contributed by atoms with E-state index in [1.54, 1.807) is 6.20 Å². The minimum Gasteiger partial charge on any atom is -0.465 e. The summed E-state index contributed by atoms with van der Waals surface area (Å²) in [5.74, 6) is -0.187. The Kier molecular flexibility index (Phi) is 5.69. The number of nitrogens with one attached hydrogen (secondary N) is 1. The molecular weight excluding hydrogens is 218 g/mol. The smallest absolute Gasteiger partial charge is 0.323 e. The van der Waals surface area contributed by atoms with Gasteiger partial charge in [-0.2, -0.15) is 5.10 Å². The number of nitrogens with zero attached hydrogens (tertiary/aromatic N) is 2. The molecule has 0 bridgehead atoms. The molecule has 1 atom stereocenters. The minimum absolute atomic E-state index is 0.187. The third-order valence-corrected chi connectivity index (χ3v) is 2.31. The molecule has 0 amide bonds. The van der Waals surface area contributed by atoms with Gasteiger partial charge in [0, 0.05) is 25.0 Å². The molecule has 1 heterocycles. The fourth-order valence-corrected chi connectivity index (χ4v) is 1.61. The van der Waals surface area contributed by atoms with Crippen LogP contribution in [-0.4, -0.2) is 34.4 Å². The Bertz CT molecular complexity index is 323. The first-order valence-electron chi connectivity index (χ1n) is 6.03. The van der Waals surface area contributed by atoms with E-state index >= 15 is 0 Å². The molecule has 0 saturated carbocycles. The Morgan fingerprint density at radius 2 is 2.29 bits per heavy atom. The first kappa shape index (κ1) is 13.7. The van der Waals surface area contributed by atoms with Crippen LogP contribution in [0.3, 0.4) is 0 Å². The summed E-state index contributed by atoms with van der Waals surface area (Å²) < 4.78 is 6.86. The highest BCUT2D eigenvalue weighted by Gasteiger charge is 2.20. The van der Waals surface area contributed by atoms with E-state index in [0.29, 0.717) is 19.6 Å². The van der Waals surface area contributed by atoms with Gasteiger partial charge in [0.25, 0.3) is 0 Å². The molecule has 1 aromatic rings. The van der Waals surface area contributed by atoms with Crippen LogP contribution in [0.25, 0.3) is 0 Å². The van der Waals surface area contributed by atoms with Crippen LogP contribution in [0.2, 0.25) is 0 Å². The number of carbonyl (C=O) groups excluding carboxylic acids is 1. The van der Waals surface area contributed by atoms with Crippen molar-refractivity contribution in [2.45, 2.75) is 45.8 Å². The predicted molar refractivity (Wildman–Crippen MR) is 65.5 cm³/mol. The number of aromatic nitrogens is 2. The first-order chi connectivity index (χ1) is 8.13. The van der Waals surface area contributed by atoms with Gasteiger partial charge in [0.1, 0.15) is 6.04 Å². The zero-order chi connectivity index (χ0) is 12.7. The highest BCUT2D eigenvalue weighted by atomic mass is 16.5. The van der Waals surface area contributed by atoms with Crippen molar-refractivity contribution >= 4 is 5.97 Å². The van der Waals surface area contributed by atoms with E-state index in [-0.39, 0.29) is 18.1 Å². The fourth-order valence-electron chi connectivity index (χ4n) is 1.61. The molecule has 0 aliphatic rings. The number of ether oxygens (including phenoxy) is 1. The lowest BCUT2D eigenvalue weighted by atomic mass is 10.2. The number of hydrogen-bond acceptors (Lipinski definition) is 4. The highest BCUT2D eigenvalue weighted by molar-refractivity contribution is 5.75.